The number of nitrogen functional groups attached to an aromatic ring is 1. The van der Waals surface area contributed by atoms with Gasteiger partial charge in [0.15, 0.2) is 0 Å². The highest BCUT2D eigenvalue weighted by atomic mass is 79.9. The molecule has 0 spiro atoms. The van der Waals surface area contributed by atoms with Gasteiger partial charge in [0.25, 0.3) is 5.91 Å². The molecular formula is C15H14Br2N2O. The number of benzene rings is 2. The van der Waals surface area contributed by atoms with Crippen LogP contribution in [0.1, 0.15) is 21.5 Å². The SMILES string of the molecule is Cc1cc(C)c(NC(=O)c2ccc(Br)cc2Br)cc1N. The van der Waals surface area contributed by atoms with E-state index in [0.717, 1.165) is 25.8 Å². The second kappa shape index (κ2) is 5.97. The van der Waals surface area contributed by atoms with E-state index in [0.29, 0.717) is 11.3 Å². The van der Waals surface area contributed by atoms with E-state index in [2.05, 4.69) is 37.2 Å². The van der Waals surface area contributed by atoms with E-state index >= 15 is 0 Å². The van der Waals surface area contributed by atoms with Crippen molar-refractivity contribution in [1.29, 1.82) is 0 Å². The molecule has 0 bridgehead atoms. The Labute approximate surface area is 134 Å². The molecule has 0 unspecified atom stereocenters. The van der Waals surface area contributed by atoms with E-state index in [9.17, 15) is 4.79 Å². The molecule has 0 aliphatic rings. The number of amides is 1. The summed E-state index contributed by atoms with van der Waals surface area (Å²) in [7, 11) is 0. The first-order valence-corrected chi connectivity index (χ1v) is 7.60. The lowest BCUT2D eigenvalue weighted by Gasteiger charge is -2.12. The van der Waals surface area contributed by atoms with Gasteiger partial charge in [-0.3, -0.25) is 4.79 Å². The summed E-state index contributed by atoms with van der Waals surface area (Å²) in [6.45, 7) is 3.89. The summed E-state index contributed by atoms with van der Waals surface area (Å²) < 4.78 is 1.65. The highest BCUT2D eigenvalue weighted by Crippen LogP contribution is 2.25. The van der Waals surface area contributed by atoms with Gasteiger partial charge in [-0.2, -0.15) is 0 Å². The summed E-state index contributed by atoms with van der Waals surface area (Å²) in [4.78, 5) is 12.3. The summed E-state index contributed by atoms with van der Waals surface area (Å²) in [6.07, 6.45) is 0. The molecule has 1 amide bonds. The van der Waals surface area contributed by atoms with Crippen LogP contribution in [0.4, 0.5) is 11.4 Å². The minimum Gasteiger partial charge on any atom is -0.398 e. The molecular weight excluding hydrogens is 384 g/mol. The zero-order chi connectivity index (χ0) is 14.9. The number of aryl methyl sites for hydroxylation is 2. The van der Waals surface area contributed by atoms with E-state index in [1.165, 1.54) is 0 Å². The summed E-state index contributed by atoms with van der Waals surface area (Å²) in [5.74, 6) is -0.171. The molecule has 0 saturated heterocycles. The molecule has 3 N–H and O–H groups in total. The van der Waals surface area contributed by atoms with Crippen LogP contribution in [0, 0.1) is 13.8 Å². The molecule has 20 heavy (non-hydrogen) atoms. The molecule has 2 aromatic carbocycles. The van der Waals surface area contributed by atoms with Gasteiger partial charge in [0.05, 0.1) is 5.56 Å². The van der Waals surface area contributed by atoms with Crippen LogP contribution in [-0.4, -0.2) is 5.91 Å². The first-order valence-electron chi connectivity index (χ1n) is 6.01. The Morgan fingerprint density at radius 2 is 1.80 bits per heavy atom. The fourth-order valence-electron chi connectivity index (χ4n) is 1.87. The molecule has 0 aromatic heterocycles. The molecule has 0 radical (unpaired) electrons. The fourth-order valence-corrected chi connectivity index (χ4v) is 3.09. The summed E-state index contributed by atoms with van der Waals surface area (Å²) in [6, 6.07) is 9.18. The lowest BCUT2D eigenvalue weighted by molar-refractivity contribution is 0.102. The Morgan fingerprint density at radius 3 is 2.45 bits per heavy atom. The Morgan fingerprint density at radius 1 is 1.10 bits per heavy atom. The Hall–Kier alpha value is -1.33. The monoisotopic (exact) mass is 396 g/mol. The largest absolute Gasteiger partial charge is 0.398 e. The lowest BCUT2D eigenvalue weighted by atomic mass is 10.1. The van der Waals surface area contributed by atoms with Crippen LogP contribution in [-0.2, 0) is 0 Å². The minimum atomic E-state index is -0.171. The number of carbonyl (C=O) groups is 1. The maximum Gasteiger partial charge on any atom is 0.256 e. The van der Waals surface area contributed by atoms with Crippen molar-refractivity contribution in [2.45, 2.75) is 13.8 Å². The maximum absolute atomic E-state index is 12.3. The van der Waals surface area contributed by atoms with E-state index in [1.54, 1.807) is 12.1 Å². The number of rotatable bonds is 2. The van der Waals surface area contributed by atoms with Crippen molar-refractivity contribution in [3.8, 4) is 0 Å². The van der Waals surface area contributed by atoms with Crippen molar-refractivity contribution in [3.05, 3.63) is 56.0 Å². The second-order valence-corrected chi connectivity index (χ2v) is 6.37. The van der Waals surface area contributed by atoms with Crippen molar-refractivity contribution >= 4 is 49.1 Å². The molecule has 0 saturated carbocycles. The van der Waals surface area contributed by atoms with Gasteiger partial charge in [0.1, 0.15) is 0 Å². The van der Waals surface area contributed by atoms with Gasteiger partial charge < -0.3 is 11.1 Å². The summed E-state index contributed by atoms with van der Waals surface area (Å²) in [5.41, 5.74) is 9.85. The normalized spacial score (nSPS) is 10.4. The lowest BCUT2D eigenvalue weighted by Crippen LogP contribution is -2.14. The predicted octanol–water partition coefficient (Wildman–Crippen LogP) is 4.66. The van der Waals surface area contributed by atoms with E-state index in [4.69, 9.17) is 5.73 Å². The molecule has 0 aliphatic carbocycles. The van der Waals surface area contributed by atoms with Gasteiger partial charge in [-0.15, -0.1) is 0 Å². The molecule has 2 rings (SSSR count). The minimum absolute atomic E-state index is 0.171. The van der Waals surface area contributed by atoms with Crippen molar-refractivity contribution in [2.75, 3.05) is 11.1 Å². The number of hydrogen-bond acceptors (Lipinski definition) is 2. The quantitative estimate of drug-likeness (QED) is 0.723. The van der Waals surface area contributed by atoms with E-state index in [1.807, 2.05) is 32.0 Å². The number of anilines is 2. The summed E-state index contributed by atoms with van der Waals surface area (Å²) >= 11 is 6.75. The van der Waals surface area contributed by atoms with Gasteiger partial charge in [0.2, 0.25) is 0 Å². The Kier molecular flexibility index (Phi) is 4.50. The predicted molar refractivity (Wildman–Crippen MR) is 90.1 cm³/mol. The first kappa shape index (κ1) is 15.1. The van der Waals surface area contributed by atoms with Crippen LogP contribution < -0.4 is 11.1 Å². The van der Waals surface area contributed by atoms with Crippen LogP contribution in [0.15, 0.2) is 39.3 Å². The second-order valence-electron chi connectivity index (χ2n) is 4.60. The highest BCUT2D eigenvalue weighted by Gasteiger charge is 2.12. The number of hydrogen-bond donors (Lipinski definition) is 2. The number of nitrogens with two attached hydrogens (primary N) is 1. The fraction of sp³-hybridized carbons (Fsp3) is 0.133. The Bertz CT molecular complexity index is 684. The van der Waals surface area contributed by atoms with E-state index in [-0.39, 0.29) is 5.91 Å². The molecule has 0 aliphatic heterocycles. The molecule has 3 nitrogen and oxygen atoms in total. The first-order chi connectivity index (χ1) is 9.38. The number of halogens is 2. The van der Waals surface area contributed by atoms with Crippen molar-refractivity contribution in [2.24, 2.45) is 0 Å². The average Bonchev–Trinajstić information content (AvgIpc) is 2.35. The van der Waals surface area contributed by atoms with Crippen LogP contribution in [0.5, 0.6) is 0 Å². The van der Waals surface area contributed by atoms with Crippen LogP contribution >= 0.6 is 31.9 Å². The van der Waals surface area contributed by atoms with Crippen molar-refractivity contribution in [3.63, 3.8) is 0 Å². The third kappa shape index (κ3) is 3.22. The average molecular weight is 398 g/mol. The molecule has 104 valence electrons. The van der Waals surface area contributed by atoms with Crippen LogP contribution in [0.2, 0.25) is 0 Å². The van der Waals surface area contributed by atoms with E-state index < -0.39 is 0 Å². The van der Waals surface area contributed by atoms with Crippen molar-refractivity contribution < 1.29 is 4.79 Å². The zero-order valence-corrected chi connectivity index (χ0v) is 14.3. The molecule has 0 fully saturated rings. The third-order valence-electron chi connectivity index (χ3n) is 3.04. The smallest absolute Gasteiger partial charge is 0.256 e. The van der Waals surface area contributed by atoms with Gasteiger partial charge in [0, 0.05) is 20.3 Å². The zero-order valence-electron chi connectivity index (χ0n) is 11.1. The van der Waals surface area contributed by atoms with Gasteiger partial charge >= 0.3 is 0 Å². The van der Waals surface area contributed by atoms with Gasteiger partial charge in [-0.1, -0.05) is 22.0 Å². The topological polar surface area (TPSA) is 55.1 Å². The number of carbonyl (C=O) groups excluding carboxylic acids is 1. The van der Waals surface area contributed by atoms with Gasteiger partial charge in [-0.05, 0) is 65.2 Å². The third-order valence-corrected chi connectivity index (χ3v) is 4.19. The molecule has 0 heterocycles. The Balaban J connectivity index is 2.30. The molecule has 5 heteroatoms. The van der Waals surface area contributed by atoms with Crippen molar-refractivity contribution in [1.82, 2.24) is 0 Å². The van der Waals surface area contributed by atoms with Gasteiger partial charge in [-0.25, -0.2) is 0 Å². The molecule has 0 atom stereocenters. The van der Waals surface area contributed by atoms with Crippen LogP contribution in [0.25, 0.3) is 0 Å². The number of nitrogens with one attached hydrogen (secondary N) is 1. The highest BCUT2D eigenvalue weighted by molar-refractivity contribution is 9.11. The standard InChI is InChI=1S/C15H14Br2N2O/c1-8-5-9(2)14(7-13(8)18)19-15(20)11-4-3-10(16)6-12(11)17/h3-7H,18H2,1-2H3,(H,19,20). The maximum atomic E-state index is 12.3. The molecule has 2 aromatic rings. The van der Waals surface area contributed by atoms with Crippen LogP contribution in [0.3, 0.4) is 0 Å². The summed E-state index contributed by atoms with van der Waals surface area (Å²) in [5, 5.41) is 2.89.